The molecule has 3 aromatic rings. The topological polar surface area (TPSA) is 94.3 Å². The van der Waals surface area contributed by atoms with Crippen LogP contribution in [0, 0.1) is 5.82 Å². The van der Waals surface area contributed by atoms with Gasteiger partial charge < -0.3 is 14.5 Å². The minimum absolute atomic E-state index is 0.0103. The van der Waals surface area contributed by atoms with Gasteiger partial charge in [0.2, 0.25) is 5.91 Å². The van der Waals surface area contributed by atoms with Crippen molar-refractivity contribution in [2.24, 2.45) is 0 Å². The average molecular weight is 415 g/mol. The minimum atomic E-state index is -0.662. The first-order chi connectivity index (χ1) is 13.9. The van der Waals surface area contributed by atoms with Crippen LogP contribution >= 0.6 is 11.8 Å². The standard InChI is InChI=1S/C20H18FN3O4S/c1-12(25)14-7-3-5-9-16(14)22-18(26)11-29-20-24-23-19(28-20)13(2)27-17-10-6-4-8-15(17)21/h3-10,13H,11H2,1-2H3,(H,22,26)/t13-/m0/s1. The van der Waals surface area contributed by atoms with Crippen molar-refractivity contribution in [3.8, 4) is 5.75 Å². The van der Waals surface area contributed by atoms with E-state index >= 15 is 0 Å². The first kappa shape index (κ1) is 20.5. The zero-order chi connectivity index (χ0) is 20.8. The number of nitrogens with zero attached hydrogens (tertiary/aromatic N) is 2. The van der Waals surface area contributed by atoms with E-state index in [1.165, 1.54) is 19.1 Å². The molecule has 0 saturated heterocycles. The van der Waals surface area contributed by atoms with Gasteiger partial charge in [0, 0.05) is 5.56 Å². The van der Waals surface area contributed by atoms with E-state index in [9.17, 15) is 14.0 Å². The quantitative estimate of drug-likeness (QED) is 0.433. The molecule has 0 aliphatic heterocycles. The number of nitrogens with one attached hydrogen (secondary N) is 1. The highest BCUT2D eigenvalue weighted by Crippen LogP contribution is 2.25. The van der Waals surface area contributed by atoms with Crippen LogP contribution < -0.4 is 10.1 Å². The van der Waals surface area contributed by atoms with E-state index in [0.717, 1.165) is 11.8 Å². The molecule has 1 heterocycles. The number of rotatable bonds is 8. The molecule has 1 aromatic heterocycles. The number of hydrogen-bond acceptors (Lipinski definition) is 7. The van der Waals surface area contributed by atoms with Crippen molar-refractivity contribution >= 4 is 29.1 Å². The summed E-state index contributed by atoms with van der Waals surface area (Å²) >= 11 is 1.04. The number of thioether (sulfide) groups is 1. The Morgan fingerprint density at radius 3 is 2.66 bits per heavy atom. The highest BCUT2D eigenvalue weighted by atomic mass is 32.2. The van der Waals surface area contributed by atoms with Gasteiger partial charge in [-0.1, -0.05) is 36.0 Å². The van der Waals surface area contributed by atoms with Gasteiger partial charge in [0.15, 0.2) is 23.5 Å². The van der Waals surface area contributed by atoms with Gasteiger partial charge in [-0.2, -0.15) is 0 Å². The fraction of sp³-hybridized carbons (Fsp3) is 0.200. The highest BCUT2D eigenvalue weighted by Gasteiger charge is 2.18. The smallest absolute Gasteiger partial charge is 0.277 e. The molecule has 0 saturated carbocycles. The molecule has 0 aliphatic rings. The van der Waals surface area contributed by atoms with E-state index in [1.54, 1.807) is 43.3 Å². The number of ether oxygens (including phenoxy) is 1. The number of aromatic nitrogens is 2. The van der Waals surface area contributed by atoms with Crippen LogP contribution in [0.15, 0.2) is 58.2 Å². The van der Waals surface area contributed by atoms with Crippen molar-refractivity contribution in [3.05, 3.63) is 65.8 Å². The van der Waals surface area contributed by atoms with Gasteiger partial charge in [0.25, 0.3) is 11.1 Å². The molecule has 2 aromatic carbocycles. The molecule has 1 atom stereocenters. The van der Waals surface area contributed by atoms with Crippen molar-refractivity contribution in [1.82, 2.24) is 10.2 Å². The largest absolute Gasteiger partial charge is 0.478 e. The summed E-state index contributed by atoms with van der Waals surface area (Å²) in [4.78, 5) is 23.8. The maximum absolute atomic E-state index is 13.7. The summed E-state index contributed by atoms with van der Waals surface area (Å²) in [6.07, 6.45) is -0.662. The average Bonchev–Trinajstić information content (AvgIpc) is 3.18. The number of amides is 1. The number of Topliss-reactive ketones (excluding diaryl/α,β-unsaturated/α-hetero) is 1. The number of ketones is 1. The molecule has 0 bridgehead atoms. The molecule has 0 aliphatic carbocycles. The molecular weight excluding hydrogens is 397 g/mol. The molecule has 0 radical (unpaired) electrons. The number of para-hydroxylation sites is 2. The zero-order valence-corrected chi connectivity index (χ0v) is 16.5. The number of anilines is 1. The van der Waals surface area contributed by atoms with E-state index in [4.69, 9.17) is 9.15 Å². The van der Waals surface area contributed by atoms with E-state index in [-0.39, 0.29) is 34.3 Å². The lowest BCUT2D eigenvalue weighted by atomic mass is 10.1. The molecule has 1 N–H and O–H groups in total. The maximum atomic E-state index is 13.7. The van der Waals surface area contributed by atoms with Gasteiger partial charge in [-0.3, -0.25) is 9.59 Å². The normalized spacial score (nSPS) is 11.7. The molecule has 0 unspecified atom stereocenters. The fourth-order valence-electron chi connectivity index (χ4n) is 2.44. The van der Waals surface area contributed by atoms with E-state index in [2.05, 4.69) is 15.5 Å². The number of halogens is 1. The molecule has 7 nitrogen and oxygen atoms in total. The molecular formula is C20H18FN3O4S. The second-order valence-corrected chi connectivity index (χ2v) is 6.96. The van der Waals surface area contributed by atoms with E-state index in [0.29, 0.717) is 11.3 Å². The predicted molar refractivity (Wildman–Crippen MR) is 106 cm³/mol. The van der Waals surface area contributed by atoms with Crippen molar-refractivity contribution in [3.63, 3.8) is 0 Å². The van der Waals surface area contributed by atoms with Crippen LogP contribution in [0.4, 0.5) is 10.1 Å². The highest BCUT2D eigenvalue weighted by molar-refractivity contribution is 7.99. The Bertz CT molecular complexity index is 1020. The molecule has 29 heavy (non-hydrogen) atoms. The second kappa shape index (κ2) is 9.33. The third-order valence-corrected chi connectivity index (χ3v) is 4.64. The summed E-state index contributed by atoms with van der Waals surface area (Å²) in [5, 5.41) is 10.6. The summed E-state index contributed by atoms with van der Waals surface area (Å²) in [5.74, 6) is -0.695. The van der Waals surface area contributed by atoms with Gasteiger partial charge in [0.1, 0.15) is 0 Å². The third-order valence-electron chi connectivity index (χ3n) is 3.82. The Balaban J connectivity index is 1.56. The fourth-order valence-corrected chi connectivity index (χ4v) is 3.01. The van der Waals surface area contributed by atoms with Crippen molar-refractivity contribution in [2.75, 3.05) is 11.1 Å². The minimum Gasteiger partial charge on any atom is -0.478 e. The second-order valence-electron chi connectivity index (χ2n) is 6.04. The molecule has 3 rings (SSSR count). The van der Waals surface area contributed by atoms with Crippen molar-refractivity contribution < 1.29 is 23.1 Å². The van der Waals surface area contributed by atoms with Gasteiger partial charge in [0.05, 0.1) is 11.4 Å². The lowest BCUT2D eigenvalue weighted by Gasteiger charge is -2.11. The van der Waals surface area contributed by atoms with Crippen LogP contribution in [0.3, 0.4) is 0 Å². The number of carbonyl (C=O) groups excluding carboxylic acids is 2. The zero-order valence-electron chi connectivity index (χ0n) is 15.7. The number of carbonyl (C=O) groups is 2. The molecule has 9 heteroatoms. The van der Waals surface area contributed by atoms with Crippen LogP contribution in [-0.2, 0) is 4.79 Å². The summed E-state index contributed by atoms with van der Waals surface area (Å²) < 4.78 is 24.6. The van der Waals surface area contributed by atoms with E-state index < -0.39 is 11.9 Å². The van der Waals surface area contributed by atoms with Gasteiger partial charge in [-0.25, -0.2) is 4.39 Å². The molecule has 1 amide bonds. The lowest BCUT2D eigenvalue weighted by molar-refractivity contribution is -0.113. The SMILES string of the molecule is CC(=O)c1ccccc1NC(=O)CSc1nnc([C@H](C)Oc2ccccc2F)o1. The summed E-state index contributed by atoms with van der Waals surface area (Å²) in [6, 6.07) is 12.8. The Morgan fingerprint density at radius 1 is 1.17 bits per heavy atom. The Labute approximate surface area is 170 Å². The molecule has 0 fully saturated rings. The molecule has 0 spiro atoms. The maximum Gasteiger partial charge on any atom is 0.277 e. The van der Waals surface area contributed by atoms with Crippen LogP contribution in [0.2, 0.25) is 0 Å². The Morgan fingerprint density at radius 2 is 1.90 bits per heavy atom. The molecule has 150 valence electrons. The first-order valence-electron chi connectivity index (χ1n) is 8.71. The Hall–Kier alpha value is -3.20. The van der Waals surface area contributed by atoms with Crippen LogP contribution in [0.5, 0.6) is 5.75 Å². The predicted octanol–water partition coefficient (Wildman–Crippen LogP) is 4.28. The summed E-state index contributed by atoms with van der Waals surface area (Å²) in [7, 11) is 0. The van der Waals surface area contributed by atoms with Crippen LogP contribution in [0.1, 0.15) is 36.2 Å². The number of benzene rings is 2. The van der Waals surface area contributed by atoms with Crippen LogP contribution in [-0.4, -0.2) is 27.6 Å². The lowest BCUT2D eigenvalue weighted by Crippen LogP contribution is -2.16. The van der Waals surface area contributed by atoms with Gasteiger partial charge in [-0.05, 0) is 38.1 Å². The van der Waals surface area contributed by atoms with Crippen molar-refractivity contribution in [1.29, 1.82) is 0 Å². The van der Waals surface area contributed by atoms with E-state index in [1.807, 2.05) is 0 Å². The third kappa shape index (κ3) is 5.41. The summed E-state index contributed by atoms with van der Waals surface area (Å²) in [6.45, 7) is 3.09. The van der Waals surface area contributed by atoms with Gasteiger partial charge >= 0.3 is 0 Å². The monoisotopic (exact) mass is 415 g/mol. The van der Waals surface area contributed by atoms with Gasteiger partial charge in [-0.15, -0.1) is 10.2 Å². The Kier molecular flexibility index (Phi) is 6.61. The van der Waals surface area contributed by atoms with Crippen molar-refractivity contribution in [2.45, 2.75) is 25.2 Å². The number of hydrogen-bond donors (Lipinski definition) is 1. The first-order valence-corrected chi connectivity index (χ1v) is 9.70. The summed E-state index contributed by atoms with van der Waals surface area (Å²) in [5.41, 5.74) is 0.883. The van der Waals surface area contributed by atoms with Crippen LogP contribution in [0.25, 0.3) is 0 Å².